The summed E-state index contributed by atoms with van der Waals surface area (Å²) in [5.41, 5.74) is 0.469. The molecule has 0 amide bonds. The first-order valence-electron chi connectivity index (χ1n) is 6.75. The third-order valence-corrected chi connectivity index (χ3v) is 4.08. The molecule has 0 radical (unpaired) electrons. The molecule has 0 saturated carbocycles. The van der Waals surface area contributed by atoms with Crippen molar-refractivity contribution in [1.82, 2.24) is 10.2 Å². The van der Waals surface area contributed by atoms with Crippen molar-refractivity contribution >= 4 is 11.6 Å². The number of halogens is 2. The van der Waals surface area contributed by atoms with E-state index in [0.717, 1.165) is 13.1 Å². The van der Waals surface area contributed by atoms with Crippen molar-refractivity contribution in [2.45, 2.75) is 39.3 Å². The Bertz CT molecular complexity index is 417. The van der Waals surface area contributed by atoms with Gasteiger partial charge in [0.2, 0.25) is 0 Å². The molecule has 0 aliphatic heterocycles. The molecule has 0 aliphatic rings. The second-order valence-corrected chi connectivity index (χ2v) is 5.65. The number of benzene rings is 1. The summed E-state index contributed by atoms with van der Waals surface area (Å²) in [6, 6.07) is 4.79. The zero-order valence-corrected chi connectivity index (χ0v) is 13.2. The predicted molar refractivity (Wildman–Crippen MR) is 80.2 cm³/mol. The number of hydrogen-bond donors (Lipinski definition) is 1. The lowest BCUT2D eigenvalue weighted by atomic mass is 9.86. The highest BCUT2D eigenvalue weighted by Gasteiger charge is 2.35. The number of hydrogen-bond acceptors (Lipinski definition) is 2. The summed E-state index contributed by atoms with van der Waals surface area (Å²) in [6.45, 7) is 10.4. The van der Waals surface area contributed by atoms with Gasteiger partial charge in [-0.15, -0.1) is 0 Å². The van der Waals surface area contributed by atoms with Crippen LogP contribution in [0.3, 0.4) is 0 Å². The van der Waals surface area contributed by atoms with Crippen LogP contribution < -0.4 is 5.32 Å². The van der Waals surface area contributed by atoms with E-state index in [1.807, 2.05) is 7.05 Å². The smallest absolute Gasteiger partial charge is 0.129 e. The Morgan fingerprint density at radius 2 is 1.89 bits per heavy atom. The van der Waals surface area contributed by atoms with E-state index >= 15 is 0 Å². The average Bonchev–Trinajstić information content (AvgIpc) is 2.33. The SMILES string of the molecule is CCN(CC)C(C)(C)C(NC)c1ccc(Cl)cc1F. The minimum Gasteiger partial charge on any atom is -0.311 e. The Labute approximate surface area is 120 Å². The zero-order chi connectivity index (χ0) is 14.6. The van der Waals surface area contributed by atoms with Gasteiger partial charge in [0.05, 0.1) is 6.04 Å². The van der Waals surface area contributed by atoms with Gasteiger partial charge in [-0.3, -0.25) is 4.90 Å². The minimum absolute atomic E-state index is 0.0929. The Morgan fingerprint density at radius 1 is 1.32 bits per heavy atom. The summed E-state index contributed by atoms with van der Waals surface area (Å²) in [4.78, 5) is 2.32. The molecule has 0 spiro atoms. The van der Waals surface area contributed by atoms with Crippen molar-refractivity contribution in [3.63, 3.8) is 0 Å². The first-order valence-corrected chi connectivity index (χ1v) is 7.13. The van der Waals surface area contributed by atoms with Crippen molar-refractivity contribution in [2.24, 2.45) is 0 Å². The van der Waals surface area contributed by atoms with E-state index in [1.54, 1.807) is 12.1 Å². The molecule has 0 aliphatic carbocycles. The van der Waals surface area contributed by atoms with E-state index in [2.05, 4.69) is 37.9 Å². The summed E-state index contributed by atoms with van der Waals surface area (Å²) >= 11 is 5.83. The standard InChI is InChI=1S/C15H24ClFN2/c1-6-19(7-2)15(3,4)14(18-5)12-9-8-11(16)10-13(12)17/h8-10,14,18H,6-7H2,1-5H3. The molecule has 19 heavy (non-hydrogen) atoms. The molecule has 1 N–H and O–H groups in total. The fourth-order valence-electron chi connectivity index (χ4n) is 2.85. The van der Waals surface area contributed by atoms with Crippen LogP contribution in [0, 0.1) is 5.82 Å². The molecule has 0 heterocycles. The summed E-state index contributed by atoms with van der Waals surface area (Å²) < 4.78 is 14.1. The van der Waals surface area contributed by atoms with E-state index in [-0.39, 0.29) is 17.4 Å². The molecule has 0 fully saturated rings. The third kappa shape index (κ3) is 3.47. The molecule has 2 nitrogen and oxygen atoms in total. The lowest BCUT2D eigenvalue weighted by molar-refractivity contribution is 0.0929. The molecule has 0 saturated heterocycles. The Hall–Kier alpha value is -0.640. The van der Waals surface area contributed by atoms with Crippen LogP contribution >= 0.6 is 11.6 Å². The van der Waals surface area contributed by atoms with Gasteiger partial charge in [0.15, 0.2) is 0 Å². The number of rotatable bonds is 6. The topological polar surface area (TPSA) is 15.3 Å². The third-order valence-electron chi connectivity index (χ3n) is 3.85. The maximum atomic E-state index is 14.1. The molecule has 1 atom stereocenters. The van der Waals surface area contributed by atoms with Crippen LogP contribution in [0.4, 0.5) is 4.39 Å². The van der Waals surface area contributed by atoms with E-state index < -0.39 is 0 Å². The Morgan fingerprint density at radius 3 is 2.32 bits per heavy atom. The summed E-state index contributed by atoms with van der Waals surface area (Å²) in [5.74, 6) is -0.257. The molecular weight excluding hydrogens is 263 g/mol. The van der Waals surface area contributed by atoms with Crippen LogP contribution in [0.5, 0.6) is 0 Å². The fraction of sp³-hybridized carbons (Fsp3) is 0.600. The first-order chi connectivity index (χ1) is 8.88. The Kier molecular flexibility index (Phi) is 5.78. The van der Waals surface area contributed by atoms with Crippen molar-refractivity contribution in [3.8, 4) is 0 Å². The van der Waals surface area contributed by atoms with Crippen molar-refractivity contribution < 1.29 is 4.39 Å². The first kappa shape index (κ1) is 16.4. The number of nitrogens with one attached hydrogen (secondary N) is 1. The normalized spacial score (nSPS) is 13.9. The largest absolute Gasteiger partial charge is 0.311 e. The van der Waals surface area contributed by atoms with E-state index in [0.29, 0.717) is 10.6 Å². The van der Waals surface area contributed by atoms with E-state index in [9.17, 15) is 4.39 Å². The molecule has 0 aromatic heterocycles. The van der Waals surface area contributed by atoms with Gasteiger partial charge in [-0.2, -0.15) is 0 Å². The number of likely N-dealkylation sites (N-methyl/N-ethyl adjacent to an activating group) is 2. The molecule has 1 rings (SSSR count). The molecule has 4 heteroatoms. The molecule has 1 aromatic rings. The van der Waals surface area contributed by atoms with Crippen LogP contribution in [0.15, 0.2) is 18.2 Å². The second-order valence-electron chi connectivity index (χ2n) is 5.21. The van der Waals surface area contributed by atoms with Crippen LogP contribution in [-0.2, 0) is 0 Å². The molecular formula is C15H24ClFN2. The zero-order valence-electron chi connectivity index (χ0n) is 12.4. The van der Waals surface area contributed by atoms with Crippen LogP contribution in [0.1, 0.15) is 39.3 Å². The molecule has 1 aromatic carbocycles. The van der Waals surface area contributed by atoms with Gasteiger partial charge in [-0.25, -0.2) is 4.39 Å². The van der Waals surface area contributed by atoms with Crippen LogP contribution in [0.25, 0.3) is 0 Å². The van der Waals surface area contributed by atoms with Gasteiger partial charge in [-0.1, -0.05) is 31.5 Å². The van der Waals surface area contributed by atoms with Crippen molar-refractivity contribution in [3.05, 3.63) is 34.6 Å². The predicted octanol–water partition coefficient (Wildman–Crippen LogP) is 3.86. The summed E-state index contributed by atoms with van der Waals surface area (Å²) in [7, 11) is 1.87. The highest BCUT2D eigenvalue weighted by atomic mass is 35.5. The van der Waals surface area contributed by atoms with Gasteiger partial charge < -0.3 is 5.32 Å². The fourth-order valence-corrected chi connectivity index (χ4v) is 3.00. The number of nitrogens with zero attached hydrogens (tertiary/aromatic N) is 1. The van der Waals surface area contributed by atoms with Crippen molar-refractivity contribution in [1.29, 1.82) is 0 Å². The van der Waals surface area contributed by atoms with Gasteiger partial charge >= 0.3 is 0 Å². The van der Waals surface area contributed by atoms with E-state index in [1.165, 1.54) is 6.07 Å². The highest BCUT2D eigenvalue weighted by Crippen LogP contribution is 2.32. The maximum absolute atomic E-state index is 14.1. The Balaban J connectivity index is 3.18. The quantitative estimate of drug-likeness (QED) is 0.854. The maximum Gasteiger partial charge on any atom is 0.129 e. The van der Waals surface area contributed by atoms with Gasteiger partial charge in [0.1, 0.15) is 5.82 Å². The molecule has 0 bridgehead atoms. The average molecular weight is 287 g/mol. The molecule has 108 valence electrons. The molecule has 1 unspecified atom stereocenters. The van der Waals surface area contributed by atoms with Gasteiger partial charge in [-0.05, 0) is 46.1 Å². The second kappa shape index (κ2) is 6.69. The lowest BCUT2D eigenvalue weighted by Gasteiger charge is -2.43. The highest BCUT2D eigenvalue weighted by molar-refractivity contribution is 6.30. The summed E-state index contributed by atoms with van der Waals surface area (Å²) in [5, 5.41) is 3.67. The minimum atomic E-state index is -0.257. The lowest BCUT2D eigenvalue weighted by Crippen LogP contribution is -2.52. The summed E-state index contributed by atoms with van der Waals surface area (Å²) in [6.07, 6.45) is 0. The monoisotopic (exact) mass is 286 g/mol. The van der Waals surface area contributed by atoms with Crippen LogP contribution in [0.2, 0.25) is 5.02 Å². The van der Waals surface area contributed by atoms with Crippen LogP contribution in [-0.4, -0.2) is 30.6 Å². The van der Waals surface area contributed by atoms with Gasteiger partial charge in [0, 0.05) is 16.1 Å². The van der Waals surface area contributed by atoms with Gasteiger partial charge in [0.25, 0.3) is 0 Å². The van der Waals surface area contributed by atoms with E-state index in [4.69, 9.17) is 11.6 Å². The van der Waals surface area contributed by atoms with Crippen molar-refractivity contribution in [2.75, 3.05) is 20.1 Å².